The van der Waals surface area contributed by atoms with Gasteiger partial charge < -0.3 is 5.32 Å². The second-order valence-corrected chi connectivity index (χ2v) is 4.30. The molecule has 2 unspecified atom stereocenters. The maximum Gasteiger partial charge on any atom is 0.0168 e. The molecule has 0 amide bonds. The Balaban J connectivity index is 2.17. The zero-order valence-electron chi connectivity index (χ0n) is 7.18. The second-order valence-electron chi connectivity index (χ2n) is 2.97. The van der Waals surface area contributed by atoms with Gasteiger partial charge in [0.15, 0.2) is 0 Å². The Morgan fingerprint density at radius 3 is 3.18 bits per heavy atom. The van der Waals surface area contributed by atoms with Crippen LogP contribution in [0.15, 0.2) is 12.7 Å². The molecule has 0 aromatic rings. The highest BCUT2D eigenvalue weighted by Crippen LogP contribution is 2.29. The quantitative estimate of drug-likeness (QED) is 0.650. The number of rotatable bonds is 4. The average molecular weight is 171 g/mol. The molecule has 1 heterocycles. The minimum Gasteiger partial charge on any atom is -0.313 e. The summed E-state index contributed by atoms with van der Waals surface area (Å²) in [5.74, 6) is 1.28. The number of hydrogen-bond donors (Lipinski definition) is 1. The molecule has 64 valence electrons. The molecule has 0 saturated carbocycles. The van der Waals surface area contributed by atoms with Crippen LogP contribution in [-0.4, -0.2) is 23.6 Å². The number of nitrogens with one attached hydrogen (secondary N) is 1. The lowest BCUT2D eigenvalue weighted by molar-refractivity contribution is 0.549. The molecule has 0 spiro atoms. The highest BCUT2D eigenvalue weighted by atomic mass is 32.2. The molecule has 1 fully saturated rings. The van der Waals surface area contributed by atoms with Crippen LogP contribution in [0.2, 0.25) is 0 Å². The molecule has 11 heavy (non-hydrogen) atoms. The van der Waals surface area contributed by atoms with E-state index in [0.29, 0.717) is 0 Å². The maximum absolute atomic E-state index is 3.76. The third-order valence-corrected chi connectivity index (χ3v) is 3.45. The lowest BCUT2D eigenvalue weighted by atomic mass is 10.1. The summed E-state index contributed by atoms with van der Waals surface area (Å²) >= 11 is 2.08. The molecule has 2 heteroatoms. The van der Waals surface area contributed by atoms with Gasteiger partial charge in [-0.2, -0.15) is 11.8 Å². The van der Waals surface area contributed by atoms with Crippen LogP contribution in [-0.2, 0) is 0 Å². The van der Waals surface area contributed by atoms with Crippen LogP contribution in [0.4, 0.5) is 0 Å². The van der Waals surface area contributed by atoms with Crippen LogP contribution < -0.4 is 5.32 Å². The van der Waals surface area contributed by atoms with Crippen molar-refractivity contribution in [3.05, 3.63) is 12.7 Å². The second kappa shape index (κ2) is 4.83. The molecule has 1 saturated heterocycles. The summed E-state index contributed by atoms with van der Waals surface area (Å²) in [6, 6.07) is 0.759. The van der Waals surface area contributed by atoms with Gasteiger partial charge in [0.25, 0.3) is 0 Å². The smallest absolute Gasteiger partial charge is 0.0168 e. The summed E-state index contributed by atoms with van der Waals surface area (Å²) in [6.07, 6.45) is 4.53. The molecule has 0 bridgehead atoms. The minimum atomic E-state index is 0.759. The van der Waals surface area contributed by atoms with Gasteiger partial charge in [0.1, 0.15) is 0 Å². The van der Waals surface area contributed by atoms with Gasteiger partial charge in [-0.05, 0) is 19.4 Å². The van der Waals surface area contributed by atoms with E-state index in [0.717, 1.165) is 17.8 Å². The lowest BCUT2D eigenvalue weighted by Crippen LogP contribution is -2.28. The number of allylic oxidation sites excluding steroid dienone is 1. The van der Waals surface area contributed by atoms with E-state index in [-0.39, 0.29) is 0 Å². The normalized spacial score (nSPS) is 30.6. The van der Waals surface area contributed by atoms with E-state index in [1.165, 1.54) is 18.6 Å². The van der Waals surface area contributed by atoms with Crippen LogP contribution in [0.3, 0.4) is 0 Å². The van der Waals surface area contributed by atoms with Crippen LogP contribution >= 0.6 is 11.8 Å². The van der Waals surface area contributed by atoms with Crippen molar-refractivity contribution in [2.45, 2.75) is 31.1 Å². The van der Waals surface area contributed by atoms with Crippen LogP contribution in [0, 0.1) is 0 Å². The first kappa shape index (κ1) is 9.14. The van der Waals surface area contributed by atoms with Gasteiger partial charge in [-0.1, -0.05) is 13.0 Å². The largest absolute Gasteiger partial charge is 0.313 e. The van der Waals surface area contributed by atoms with Crippen molar-refractivity contribution in [1.82, 2.24) is 5.32 Å². The summed E-state index contributed by atoms with van der Waals surface area (Å²) in [6.45, 7) is 7.04. The summed E-state index contributed by atoms with van der Waals surface area (Å²) in [7, 11) is 0. The fourth-order valence-electron chi connectivity index (χ4n) is 1.49. The first-order valence-electron chi connectivity index (χ1n) is 4.32. The molecule has 1 aliphatic heterocycles. The number of thioether (sulfide) groups is 1. The van der Waals surface area contributed by atoms with Gasteiger partial charge in [0.2, 0.25) is 0 Å². The molecule has 1 aliphatic rings. The fraction of sp³-hybridized carbons (Fsp3) is 0.778. The van der Waals surface area contributed by atoms with E-state index in [2.05, 4.69) is 30.6 Å². The first-order valence-corrected chi connectivity index (χ1v) is 5.37. The Labute approximate surface area is 73.6 Å². The fourth-order valence-corrected chi connectivity index (χ4v) is 2.89. The standard InChI is InChI=1S/C9H17NS/c1-3-5-9-6-8(7-11-9)10-4-2/h3,8-10H,1,4-7H2,2H3. The molecule has 1 rings (SSSR count). The predicted molar refractivity (Wildman–Crippen MR) is 53.1 cm³/mol. The van der Waals surface area contributed by atoms with E-state index in [1.54, 1.807) is 0 Å². The van der Waals surface area contributed by atoms with Gasteiger partial charge in [-0.25, -0.2) is 0 Å². The zero-order chi connectivity index (χ0) is 8.10. The molecule has 2 atom stereocenters. The van der Waals surface area contributed by atoms with Gasteiger partial charge in [0.05, 0.1) is 0 Å². The SMILES string of the molecule is C=CCC1CC(NCC)CS1. The van der Waals surface area contributed by atoms with E-state index in [1.807, 2.05) is 6.08 Å². The topological polar surface area (TPSA) is 12.0 Å². The summed E-state index contributed by atoms with van der Waals surface area (Å²) in [4.78, 5) is 0. The Hall–Kier alpha value is 0.0500. The van der Waals surface area contributed by atoms with E-state index in [9.17, 15) is 0 Å². The molecule has 0 aromatic heterocycles. The maximum atomic E-state index is 3.76. The monoisotopic (exact) mass is 171 g/mol. The zero-order valence-corrected chi connectivity index (χ0v) is 7.99. The first-order chi connectivity index (χ1) is 5.36. The van der Waals surface area contributed by atoms with Crippen molar-refractivity contribution in [2.24, 2.45) is 0 Å². The van der Waals surface area contributed by atoms with Crippen LogP contribution in [0.5, 0.6) is 0 Å². The molecule has 0 radical (unpaired) electrons. The predicted octanol–water partition coefficient (Wildman–Crippen LogP) is 2.05. The Bertz CT molecular complexity index is 125. The van der Waals surface area contributed by atoms with Crippen molar-refractivity contribution in [3.8, 4) is 0 Å². The van der Waals surface area contributed by atoms with Crippen molar-refractivity contribution in [3.63, 3.8) is 0 Å². The van der Waals surface area contributed by atoms with Crippen molar-refractivity contribution in [1.29, 1.82) is 0 Å². The minimum absolute atomic E-state index is 0.759. The third-order valence-electron chi connectivity index (χ3n) is 2.00. The molecule has 0 aliphatic carbocycles. The molecular weight excluding hydrogens is 154 g/mol. The average Bonchev–Trinajstić information content (AvgIpc) is 2.38. The summed E-state index contributed by atoms with van der Waals surface area (Å²) in [5, 5.41) is 4.31. The Morgan fingerprint density at radius 2 is 2.55 bits per heavy atom. The van der Waals surface area contributed by atoms with Gasteiger partial charge >= 0.3 is 0 Å². The van der Waals surface area contributed by atoms with Gasteiger partial charge in [-0.3, -0.25) is 0 Å². The molecule has 1 nitrogen and oxygen atoms in total. The van der Waals surface area contributed by atoms with Crippen LogP contribution in [0.1, 0.15) is 19.8 Å². The van der Waals surface area contributed by atoms with Crippen LogP contribution in [0.25, 0.3) is 0 Å². The van der Waals surface area contributed by atoms with Gasteiger partial charge in [0, 0.05) is 17.0 Å². The highest BCUT2D eigenvalue weighted by molar-refractivity contribution is 8.00. The lowest BCUT2D eigenvalue weighted by Gasteiger charge is -2.08. The van der Waals surface area contributed by atoms with E-state index in [4.69, 9.17) is 0 Å². The Kier molecular flexibility index (Phi) is 4.02. The molecular formula is C9H17NS. The van der Waals surface area contributed by atoms with Crippen molar-refractivity contribution in [2.75, 3.05) is 12.3 Å². The summed E-state index contributed by atoms with van der Waals surface area (Å²) in [5.41, 5.74) is 0. The summed E-state index contributed by atoms with van der Waals surface area (Å²) < 4.78 is 0. The van der Waals surface area contributed by atoms with E-state index < -0.39 is 0 Å². The Morgan fingerprint density at radius 1 is 1.73 bits per heavy atom. The number of hydrogen-bond acceptors (Lipinski definition) is 2. The third kappa shape index (κ3) is 2.88. The van der Waals surface area contributed by atoms with Gasteiger partial charge in [-0.15, -0.1) is 6.58 Å². The highest BCUT2D eigenvalue weighted by Gasteiger charge is 2.22. The van der Waals surface area contributed by atoms with Crippen molar-refractivity contribution < 1.29 is 0 Å². The van der Waals surface area contributed by atoms with E-state index >= 15 is 0 Å². The molecule has 1 N–H and O–H groups in total. The molecule has 0 aromatic carbocycles. The van der Waals surface area contributed by atoms with Crippen molar-refractivity contribution >= 4 is 11.8 Å².